The zero-order chi connectivity index (χ0) is 17.3. The van der Waals surface area contributed by atoms with Crippen LogP contribution in [-0.4, -0.2) is 49.2 Å². The number of nitrogens with zero attached hydrogens (tertiary/aromatic N) is 4. The number of hydrogen-bond acceptors (Lipinski definition) is 5. The van der Waals surface area contributed by atoms with Gasteiger partial charge in [-0.15, -0.1) is 35.3 Å². The number of hydrogen-bond donors (Lipinski definition) is 2. The molecule has 8 heteroatoms. The van der Waals surface area contributed by atoms with E-state index in [4.69, 9.17) is 4.98 Å². The van der Waals surface area contributed by atoms with Gasteiger partial charge in [0.25, 0.3) is 0 Å². The monoisotopic (exact) mass is 486 g/mol. The number of aliphatic imine (C=N–C) groups is 1. The SMILES string of the molecule is CN=C(NCCc1ccccn1)NCCc1csc(N2CCCC2)n1.I. The Hall–Kier alpha value is -1.42. The molecule has 1 aliphatic rings. The molecule has 0 radical (unpaired) electrons. The molecule has 1 saturated heterocycles. The van der Waals surface area contributed by atoms with Crippen LogP contribution in [0.1, 0.15) is 24.2 Å². The average molecular weight is 486 g/mol. The molecule has 2 aromatic rings. The fourth-order valence-corrected chi connectivity index (χ4v) is 3.76. The predicted molar refractivity (Wildman–Crippen MR) is 120 cm³/mol. The van der Waals surface area contributed by atoms with Gasteiger partial charge in [0.1, 0.15) is 0 Å². The fraction of sp³-hybridized carbons (Fsp3) is 0.500. The minimum atomic E-state index is 0. The van der Waals surface area contributed by atoms with E-state index in [-0.39, 0.29) is 24.0 Å². The summed E-state index contributed by atoms with van der Waals surface area (Å²) in [6.07, 6.45) is 6.19. The first-order valence-corrected chi connectivity index (χ1v) is 9.77. The molecule has 0 saturated carbocycles. The molecular formula is C18H27IN6S. The summed E-state index contributed by atoms with van der Waals surface area (Å²) in [5, 5.41) is 10.0. The lowest BCUT2D eigenvalue weighted by atomic mass is 10.3. The first-order chi connectivity index (χ1) is 12.3. The number of rotatable bonds is 7. The Labute approximate surface area is 176 Å². The van der Waals surface area contributed by atoms with Crippen molar-refractivity contribution in [2.24, 2.45) is 4.99 Å². The number of halogens is 1. The first-order valence-electron chi connectivity index (χ1n) is 8.89. The summed E-state index contributed by atoms with van der Waals surface area (Å²) in [4.78, 5) is 15.7. The van der Waals surface area contributed by atoms with Gasteiger partial charge in [-0.2, -0.15) is 0 Å². The molecule has 1 aliphatic heterocycles. The third-order valence-electron chi connectivity index (χ3n) is 4.21. The molecular weight excluding hydrogens is 459 g/mol. The molecule has 3 rings (SSSR count). The summed E-state index contributed by atoms with van der Waals surface area (Å²) in [5.41, 5.74) is 2.24. The lowest BCUT2D eigenvalue weighted by Crippen LogP contribution is -2.39. The lowest BCUT2D eigenvalue weighted by Gasteiger charge is -2.12. The van der Waals surface area contributed by atoms with Crippen molar-refractivity contribution in [2.75, 3.05) is 38.1 Å². The van der Waals surface area contributed by atoms with Gasteiger partial charge in [0.15, 0.2) is 11.1 Å². The van der Waals surface area contributed by atoms with Crippen LogP contribution in [-0.2, 0) is 12.8 Å². The van der Waals surface area contributed by atoms with Crippen molar-refractivity contribution in [3.05, 3.63) is 41.2 Å². The van der Waals surface area contributed by atoms with E-state index < -0.39 is 0 Å². The minimum Gasteiger partial charge on any atom is -0.356 e. The third-order valence-corrected chi connectivity index (χ3v) is 5.16. The Bertz CT molecular complexity index is 669. The van der Waals surface area contributed by atoms with E-state index in [1.54, 1.807) is 18.4 Å². The van der Waals surface area contributed by atoms with Gasteiger partial charge in [0.05, 0.1) is 5.69 Å². The maximum Gasteiger partial charge on any atom is 0.191 e. The summed E-state index contributed by atoms with van der Waals surface area (Å²) in [7, 11) is 1.80. The Morgan fingerprint density at radius 1 is 1.15 bits per heavy atom. The highest BCUT2D eigenvalue weighted by Crippen LogP contribution is 2.24. The van der Waals surface area contributed by atoms with Crippen LogP contribution in [0.5, 0.6) is 0 Å². The molecule has 3 heterocycles. The highest BCUT2D eigenvalue weighted by Gasteiger charge is 2.15. The van der Waals surface area contributed by atoms with Gasteiger partial charge in [0.2, 0.25) is 0 Å². The Balaban J connectivity index is 0.00000243. The number of guanidine groups is 1. The zero-order valence-corrected chi connectivity index (χ0v) is 18.3. The van der Waals surface area contributed by atoms with Crippen LogP contribution in [0, 0.1) is 0 Å². The maximum absolute atomic E-state index is 4.75. The van der Waals surface area contributed by atoms with Gasteiger partial charge in [-0.3, -0.25) is 9.98 Å². The molecule has 0 aromatic carbocycles. The predicted octanol–water partition coefficient (Wildman–Crippen LogP) is 2.71. The molecule has 2 aromatic heterocycles. The summed E-state index contributed by atoms with van der Waals surface area (Å²) in [6, 6.07) is 5.99. The third kappa shape index (κ3) is 6.39. The number of pyridine rings is 1. The first kappa shape index (κ1) is 20.9. The van der Waals surface area contributed by atoms with Gasteiger partial charge >= 0.3 is 0 Å². The summed E-state index contributed by atoms with van der Waals surface area (Å²) < 4.78 is 0. The second kappa shape index (κ2) is 11.3. The topological polar surface area (TPSA) is 65.4 Å². The van der Waals surface area contributed by atoms with Gasteiger partial charge in [-0.1, -0.05) is 6.07 Å². The number of aromatic nitrogens is 2. The lowest BCUT2D eigenvalue weighted by molar-refractivity contribution is 0.770. The number of thiazole rings is 1. The molecule has 142 valence electrons. The van der Waals surface area contributed by atoms with Crippen LogP contribution in [0.4, 0.5) is 5.13 Å². The van der Waals surface area contributed by atoms with Gasteiger partial charge < -0.3 is 15.5 Å². The van der Waals surface area contributed by atoms with Crippen molar-refractivity contribution in [3.63, 3.8) is 0 Å². The number of nitrogens with one attached hydrogen (secondary N) is 2. The van der Waals surface area contributed by atoms with Crippen molar-refractivity contribution >= 4 is 46.4 Å². The molecule has 6 nitrogen and oxygen atoms in total. The molecule has 0 amide bonds. The van der Waals surface area contributed by atoms with Crippen LogP contribution < -0.4 is 15.5 Å². The maximum atomic E-state index is 4.75. The largest absolute Gasteiger partial charge is 0.356 e. The highest BCUT2D eigenvalue weighted by molar-refractivity contribution is 14.0. The molecule has 2 N–H and O–H groups in total. The van der Waals surface area contributed by atoms with E-state index in [0.717, 1.165) is 56.4 Å². The standard InChI is InChI=1S/C18H26N6S.HI/c1-19-17(21-10-7-15-6-2-3-9-20-15)22-11-8-16-14-25-18(23-16)24-12-4-5-13-24;/h2-3,6,9,14H,4-5,7-8,10-13H2,1H3,(H2,19,21,22);1H. The van der Waals surface area contributed by atoms with Crippen LogP contribution in [0.3, 0.4) is 0 Å². The van der Waals surface area contributed by atoms with Gasteiger partial charge in [-0.25, -0.2) is 4.98 Å². The van der Waals surface area contributed by atoms with Crippen LogP contribution in [0.2, 0.25) is 0 Å². The highest BCUT2D eigenvalue weighted by atomic mass is 127. The number of anilines is 1. The van der Waals surface area contributed by atoms with Crippen LogP contribution >= 0.6 is 35.3 Å². The molecule has 0 unspecified atom stereocenters. The van der Waals surface area contributed by atoms with E-state index in [9.17, 15) is 0 Å². The van der Waals surface area contributed by atoms with Crippen molar-refractivity contribution in [2.45, 2.75) is 25.7 Å². The van der Waals surface area contributed by atoms with E-state index in [0.29, 0.717) is 0 Å². The molecule has 0 atom stereocenters. The fourth-order valence-electron chi connectivity index (χ4n) is 2.85. The normalized spacial score (nSPS) is 14.2. The Morgan fingerprint density at radius 2 is 1.88 bits per heavy atom. The quantitative estimate of drug-likeness (QED) is 0.358. The Kier molecular flexibility index (Phi) is 9.10. The molecule has 0 spiro atoms. The van der Waals surface area contributed by atoms with Crippen LogP contribution in [0.15, 0.2) is 34.8 Å². The molecule has 0 bridgehead atoms. The van der Waals surface area contributed by atoms with Gasteiger partial charge in [-0.05, 0) is 25.0 Å². The molecule has 0 aliphatic carbocycles. The van der Waals surface area contributed by atoms with E-state index >= 15 is 0 Å². The zero-order valence-electron chi connectivity index (χ0n) is 15.1. The van der Waals surface area contributed by atoms with Crippen molar-refractivity contribution in [1.29, 1.82) is 0 Å². The van der Waals surface area contributed by atoms with E-state index in [1.165, 1.54) is 18.0 Å². The Morgan fingerprint density at radius 3 is 2.54 bits per heavy atom. The second-order valence-electron chi connectivity index (χ2n) is 6.06. The van der Waals surface area contributed by atoms with E-state index in [1.807, 2.05) is 24.4 Å². The second-order valence-corrected chi connectivity index (χ2v) is 6.90. The van der Waals surface area contributed by atoms with Crippen molar-refractivity contribution in [3.8, 4) is 0 Å². The smallest absolute Gasteiger partial charge is 0.191 e. The van der Waals surface area contributed by atoms with Crippen molar-refractivity contribution < 1.29 is 0 Å². The minimum absolute atomic E-state index is 0. The van der Waals surface area contributed by atoms with Crippen LogP contribution in [0.25, 0.3) is 0 Å². The average Bonchev–Trinajstić information content (AvgIpc) is 3.33. The van der Waals surface area contributed by atoms with Gasteiger partial charge in [0, 0.05) is 63.3 Å². The summed E-state index contributed by atoms with van der Waals surface area (Å²) in [6.45, 7) is 3.94. The van der Waals surface area contributed by atoms with Crippen molar-refractivity contribution in [1.82, 2.24) is 20.6 Å². The molecule has 26 heavy (non-hydrogen) atoms. The summed E-state index contributed by atoms with van der Waals surface area (Å²) in [5.74, 6) is 0.825. The molecule has 1 fully saturated rings. The van der Waals surface area contributed by atoms with E-state index in [2.05, 4.69) is 30.9 Å². The summed E-state index contributed by atoms with van der Waals surface area (Å²) >= 11 is 1.76.